The zero-order valence-corrected chi connectivity index (χ0v) is 10.3. The molecule has 0 aliphatic carbocycles. The standard InChI is InChI=1S/C10H8BBrO4/c1-15-9(13)5-4-8(12)6(3-7(5)11)10(14)16-2/h3-4H,1-2H3. The van der Waals surface area contributed by atoms with E-state index in [4.69, 9.17) is 7.85 Å². The van der Waals surface area contributed by atoms with Crippen LogP contribution < -0.4 is 5.46 Å². The Bertz CT molecular complexity index is 403. The number of hydrogen-bond donors (Lipinski definition) is 0. The Kier molecular flexibility index (Phi) is 4.12. The fraction of sp³-hybridized carbons (Fsp3) is 0.200. The van der Waals surface area contributed by atoms with Gasteiger partial charge >= 0.3 is 11.9 Å². The average Bonchev–Trinajstić information content (AvgIpc) is 2.29. The predicted octanol–water partition coefficient (Wildman–Crippen LogP) is 0.816. The molecule has 1 aromatic rings. The number of esters is 2. The highest BCUT2D eigenvalue weighted by atomic mass is 79.9. The summed E-state index contributed by atoms with van der Waals surface area (Å²) in [6.07, 6.45) is 0. The Labute approximate surface area is 102 Å². The van der Waals surface area contributed by atoms with Crippen LogP contribution in [0, 0.1) is 0 Å². The highest BCUT2D eigenvalue weighted by Crippen LogP contribution is 2.18. The maximum absolute atomic E-state index is 11.3. The number of ether oxygens (including phenoxy) is 2. The molecule has 0 saturated carbocycles. The number of rotatable bonds is 2. The zero-order chi connectivity index (χ0) is 12.3. The van der Waals surface area contributed by atoms with Crippen molar-refractivity contribution in [2.75, 3.05) is 14.2 Å². The van der Waals surface area contributed by atoms with Gasteiger partial charge in [-0.25, -0.2) is 9.59 Å². The molecule has 0 unspecified atom stereocenters. The van der Waals surface area contributed by atoms with E-state index in [9.17, 15) is 9.59 Å². The van der Waals surface area contributed by atoms with Crippen molar-refractivity contribution in [3.63, 3.8) is 0 Å². The van der Waals surface area contributed by atoms with Crippen LogP contribution in [-0.4, -0.2) is 34.0 Å². The summed E-state index contributed by atoms with van der Waals surface area (Å²) in [5.41, 5.74) is 0.616. The van der Waals surface area contributed by atoms with Crippen LogP contribution in [0.4, 0.5) is 0 Å². The monoisotopic (exact) mass is 282 g/mol. The lowest BCUT2D eigenvalue weighted by molar-refractivity contribution is 0.0587. The molecule has 0 bridgehead atoms. The molecule has 1 aromatic carbocycles. The van der Waals surface area contributed by atoms with Crippen molar-refractivity contribution in [3.05, 3.63) is 27.7 Å². The lowest BCUT2D eigenvalue weighted by Crippen LogP contribution is -2.19. The van der Waals surface area contributed by atoms with Gasteiger partial charge in [-0.15, -0.1) is 0 Å². The number of halogens is 1. The summed E-state index contributed by atoms with van der Waals surface area (Å²) in [5.74, 6) is -1.09. The summed E-state index contributed by atoms with van der Waals surface area (Å²) in [6, 6.07) is 2.79. The number of methoxy groups -OCH3 is 2. The van der Waals surface area contributed by atoms with Crippen molar-refractivity contribution in [2.24, 2.45) is 0 Å². The molecule has 0 N–H and O–H groups in total. The van der Waals surface area contributed by atoms with E-state index in [1.54, 1.807) is 0 Å². The van der Waals surface area contributed by atoms with Gasteiger partial charge in [0, 0.05) is 4.47 Å². The normalized spacial score (nSPS) is 9.69. The van der Waals surface area contributed by atoms with Gasteiger partial charge in [0.15, 0.2) is 0 Å². The molecule has 0 fully saturated rings. The van der Waals surface area contributed by atoms with Gasteiger partial charge in [0.05, 0.1) is 25.3 Å². The van der Waals surface area contributed by atoms with Gasteiger partial charge in [-0.2, -0.15) is 0 Å². The molecule has 4 nitrogen and oxygen atoms in total. The third-order valence-electron chi connectivity index (χ3n) is 1.95. The van der Waals surface area contributed by atoms with E-state index in [2.05, 4.69) is 25.4 Å². The van der Waals surface area contributed by atoms with Crippen molar-refractivity contribution in [3.8, 4) is 0 Å². The van der Waals surface area contributed by atoms with Gasteiger partial charge in [-0.05, 0) is 22.0 Å². The third-order valence-corrected chi connectivity index (χ3v) is 2.61. The van der Waals surface area contributed by atoms with E-state index in [-0.39, 0.29) is 16.6 Å². The van der Waals surface area contributed by atoms with Crippen LogP contribution >= 0.6 is 15.9 Å². The van der Waals surface area contributed by atoms with Gasteiger partial charge in [0.25, 0.3) is 0 Å². The molecule has 16 heavy (non-hydrogen) atoms. The Balaban J connectivity index is 3.27. The Morgan fingerprint density at radius 3 is 2.12 bits per heavy atom. The van der Waals surface area contributed by atoms with E-state index >= 15 is 0 Å². The lowest BCUT2D eigenvalue weighted by atomic mass is 9.89. The molecule has 0 aliphatic heterocycles. The SMILES string of the molecule is [B]c1cc(C(=O)OC)c(Br)cc1C(=O)OC. The van der Waals surface area contributed by atoms with Gasteiger partial charge in [-0.3, -0.25) is 0 Å². The Morgan fingerprint density at radius 1 is 1.12 bits per heavy atom. The van der Waals surface area contributed by atoms with E-state index in [1.807, 2.05) is 0 Å². The second-order valence-electron chi connectivity index (χ2n) is 2.90. The van der Waals surface area contributed by atoms with Gasteiger partial charge in [0.1, 0.15) is 7.85 Å². The molecule has 0 aliphatic rings. The molecule has 0 atom stereocenters. The fourth-order valence-electron chi connectivity index (χ4n) is 1.14. The van der Waals surface area contributed by atoms with E-state index < -0.39 is 11.9 Å². The minimum atomic E-state index is -0.561. The van der Waals surface area contributed by atoms with Crippen molar-refractivity contribution >= 4 is 41.2 Å². The van der Waals surface area contributed by atoms with Crippen LogP contribution in [0.1, 0.15) is 20.7 Å². The van der Waals surface area contributed by atoms with Crippen LogP contribution in [0.5, 0.6) is 0 Å². The van der Waals surface area contributed by atoms with Crippen molar-refractivity contribution in [1.82, 2.24) is 0 Å². The quantitative estimate of drug-likeness (QED) is 0.595. The van der Waals surface area contributed by atoms with E-state index in [0.29, 0.717) is 4.47 Å². The molecule has 0 heterocycles. The molecule has 6 heteroatoms. The molecular formula is C10H8BBrO4. The van der Waals surface area contributed by atoms with Gasteiger partial charge in [0.2, 0.25) is 0 Å². The highest BCUT2D eigenvalue weighted by Gasteiger charge is 2.16. The smallest absolute Gasteiger partial charge is 0.338 e. The zero-order valence-electron chi connectivity index (χ0n) is 8.74. The highest BCUT2D eigenvalue weighted by molar-refractivity contribution is 9.10. The summed E-state index contributed by atoms with van der Waals surface area (Å²) < 4.78 is 9.53. The molecule has 82 valence electrons. The number of benzene rings is 1. The topological polar surface area (TPSA) is 52.6 Å². The minimum absolute atomic E-state index is 0.162. The third kappa shape index (κ3) is 2.44. The van der Waals surface area contributed by atoms with Crippen LogP contribution in [0.25, 0.3) is 0 Å². The summed E-state index contributed by atoms with van der Waals surface area (Å²) >= 11 is 3.16. The second kappa shape index (κ2) is 5.16. The van der Waals surface area contributed by atoms with Crippen molar-refractivity contribution in [1.29, 1.82) is 0 Å². The van der Waals surface area contributed by atoms with Crippen LogP contribution in [0.2, 0.25) is 0 Å². The fourth-order valence-corrected chi connectivity index (χ4v) is 1.65. The first-order valence-corrected chi connectivity index (χ1v) is 5.06. The summed E-state index contributed by atoms with van der Waals surface area (Å²) in [5, 5.41) is 0. The molecule has 0 spiro atoms. The number of hydrogen-bond acceptors (Lipinski definition) is 4. The molecule has 2 radical (unpaired) electrons. The largest absolute Gasteiger partial charge is 0.465 e. The average molecular weight is 283 g/mol. The van der Waals surface area contributed by atoms with Crippen molar-refractivity contribution in [2.45, 2.75) is 0 Å². The Hall–Kier alpha value is -1.30. The van der Waals surface area contributed by atoms with Crippen LogP contribution in [-0.2, 0) is 9.47 Å². The predicted molar refractivity (Wildman–Crippen MR) is 62.2 cm³/mol. The molecule has 0 amide bonds. The lowest BCUT2D eigenvalue weighted by Gasteiger charge is -2.08. The van der Waals surface area contributed by atoms with Crippen LogP contribution in [0.15, 0.2) is 16.6 Å². The first-order chi connectivity index (χ1) is 7.51. The molecule has 1 rings (SSSR count). The second-order valence-corrected chi connectivity index (χ2v) is 3.76. The van der Waals surface area contributed by atoms with E-state index in [1.165, 1.54) is 26.4 Å². The maximum Gasteiger partial charge on any atom is 0.338 e. The first-order valence-electron chi connectivity index (χ1n) is 4.27. The summed E-state index contributed by atoms with van der Waals surface area (Å²) in [6.45, 7) is 0. The Morgan fingerprint density at radius 2 is 1.62 bits per heavy atom. The molecular weight excluding hydrogens is 275 g/mol. The first kappa shape index (κ1) is 12.8. The summed E-state index contributed by atoms with van der Waals surface area (Å²) in [7, 11) is 8.15. The minimum Gasteiger partial charge on any atom is -0.465 e. The van der Waals surface area contributed by atoms with E-state index in [0.717, 1.165) is 0 Å². The number of carbonyl (C=O) groups excluding carboxylic acids is 2. The van der Waals surface area contributed by atoms with Gasteiger partial charge in [-0.1, -0.05) is 11.5 Å². The number of carbonyl (C=O) groups is 2. The maximum atomic E-state index is 11.3. The summed E-state index contributed by atoms with van der Waals surface area (Å²) in [4.78, 5) is 22.6. The molecule has 0 aromatic heterocycles. The van der Waals surface area contributed by atoms with Gasteiger partial charge < -0.3 is 9.47 Å². The van der Waals surface area contributed by atoms with Crippen LogP contribution in [0.3, 0.4) is 0 Å². The molecule has 0 saturated heterocycles. The van der Waals surface area contributed by atoms with Crippen molar-refractivity contribution < 1.29 is 19.1 Å².